The Morgan fingerprint density at radius 2 is 1.62 bits per heavy atom. The van der Waals surface area contributed by atoms with E-state index in [0.717, 1.165) is 39.0 Å². The lowest BCUT2D eigenvalue weighted by atomic mass is 9.89. The Hall–Kier alpha value is -2.23. The molecule has 1 fully saturated rings. The topological polar surface area (TPSA) is 63.6 Å². The number of fused-ring (bicyclic) bond motifs is 2. The van der Waals surface area contributed by atoms with Gasteiger partial charge in [0.25, 0.3) is 0 Å². The van der Waals surface area contributed by atoms with Crippen LogP contribution in [0.15, 0.2) is 21.0 Å². The van der Waals surface area contributed by atoms with Gasteiger partial charge in [-0.05, 0) is 45.7 Å². The van der Waals surface area contributed by atoms with Gasteiger partial charge in [-0.3, -0.25) is 4.79 Å². The highest BCUT2D eigenvalue weighted by Gasteiger charge is 2.54. The molecule has 108 valence electrons. The molecule has 0 saturated heterocycles. The predicted octanol–water partition coefficient (Wildman–Crippen LogP) is 4.22. The number of carboxylic acid groups (broad SMARTS) is 1. The number of furan rings is 2. The first-order valence-electron chi connectivity index (χ1n) is 7.11. The highest BCUT2D eigenvalue weighted by molar-refractivity contribution is 6.06. The molecule has 1 aliphatic carbocycles. The summed E-state index contributed by atoms with van der Waals surface area (Å²) in [6, 6.07) is 3.89. The third-order valence-electron chi connectivity index (χ3n) is 4.59. The van der Waals surface area contributed by atoms with E-state index in [1.807, 2.05) is 32.9 Å². The molecule has 3 aromatic rings. The van der Waals surface area contributed by atoms with E-state index < -0.39 is 11.4 Å². The number of benzene rings is 1. The number of carbonyl (C=O) groups is 1. The van der Waals surface area contributed by atoms with Crippen molar-refractivity contribution in [2.45, 2.75) is 39.0 Å². The Labute approximate surface area is 121 Å². The van der Waals surface area contributed by atoms with Crippen molar-refractivity contribution in [3.05, 3.63) is 34.8 Å². The second-order valence-electron chi connectivity index (χ2n) is 6.09. The Balaban J connectivity index is 2.24. The minimum atomic E-state index is -0.815. The molecule has 2 heterocycles. The fraction of sp³-hybridized carbons (Fsp3) is 0.353. The Morgan fingerprint density at radius 1 is 1.05 bits per heavy atom. The van der Waals surface area contributed by atoms with Gasteiger partial charge in [0.2, 0.25) is 0 Å². The molecule has 0 spiro atoms. The summed E-state index contributed by atoms with van der Waals surface area (Å²) in [4.78, 5) is 11.8. The number of carboxylic acids is 1. The monoisotopic (exact) mass is 284 g/mol. The fourth-order valence-electron chi connectivity index (χ4n) is 3.37. The molecule has 0 atom stereocenters. The average Bonchev–Trinajstić information content (AvgIpc) is 2.98. The van der Waals surface area contributed by atoms with E-state index in [0.29, 0.717) is 18.4 Å². The van der Waals surface area contributed by atoms with Gasteiger partial charge in [0.1, 0.15) is 22.7 Å². The first-order chi connectivity index (χ1) is 9.94. The first kappa shape index (κ1) is 12.5. The lowest BCUT2D eigenvalue weighted by molar-refractivity contribution is -0.139. The van der Waals surface area contributed by atoms with Gasteiger partial charge in [0, 0.05) is 21.9 Å². The zero-order valence-corrected chi connectivity index (χ0v) is 12.2. The van der Waals surface area contributed by atoms with Crippen molar-refractivity contribution in [3.63, 3.8) is 0 Å². The molecule has 0 amide bonds. The number of hydrogen-bond donors (Lipinski definition) is 1. The predicted molar refractivity (Wildman–Crippen MR) is 78.7 cm³/mol. The van der Waals surface area contributed by atoms with Crippen molar-refractivity contribution in [1.82, 2.24) is 0 Å². The molecule has 4 rings (SSSR count). The Morgan fingerprint density at radius 3 is 2.19 bits per heavy atom. The highest BCUT2D eigenvalue weighted by atomic mass is 16.4. The summed E-state index contributed by atoms with van der Waals surface area (Å²) in [6.45, 7) is 5.76. The van der Waals surface area contributed by atoms with E-state index in [-0.39, 0.29) is 0 Å². The summed E-state index contributed by atoms with van der Waals surface area (Å²) in [5, 5.41) is 11.5. The van der Waals surface area contributed by atoms with Gasteiger partial charge in [-0.15, -0.1) is 0 Å². The second-order valence-corrected chi connectivity index (χ2v) is 6.09. The van der Waals surface area contributed by atoms with Crippen molar-refractivity contribution < 1.29 is 18.7 Å². The zero-order valence-electron chi connectivity index (χ0n) is 12.2. The summed E-state index contributed by atoms with van der Waals surface area (Å²) >= 11 is 0. The van der Waals surface area contributed by atoms with E-state index in [9.17, 15) is 9.90 Å². The van der Waals surface area contributed by atoms with Crippen LogP contribution in [-0.2, 0) is 10.2 Å². The van der Waals surface area contributed by atoms with Crippen LogP contribution in [0.25, 0.3) is 21.9 Å². The molecule has 21 heavy (non-hydrogen) atoms. The molecule has 0 radical (unpaired) electrons. The molecular formula is C17H16O4. The van der Waals surface area contributed by atoms with Crippen molar-refractivity contribution in [1.29, 1.82) is 0 Å². The molecule has 4 nitrogen and oxygen atoms in total. The van der Waals surface area contributed by atoms with Crippen LogP contribution < -0.4 is 0 Å². The number of aryl methyl sites for hydroxylation is 3. The van der Waals surface area contributed by atoms with Crippen LogP contribution in [0.4, 0.5) is 0 Å². The highest BCUT2D eigenvalue weighted by Crippen LogP contribution is 2.54. The van der Waals surface area contributed by atoms with Crippen molar-refractivity contribution >= 4 is 27.9 Å². The first-order valence-corrected chi connectivity index (χ1v) is 7.11. The maximum atomic E-state index is 11.8. The number of hydrogen-bond acceptors (Lipinski definition) is 3. The largest absolute Gasteiger partial charge is 0.481 e. The molecule has 0 bridgehead atoms. The maximum absolute atomic E-state index is 11.8. The third kappa shape index (κ3) is 1.47. The Bertz CT molecular complexity index is 848. The van der Waals surface area contributed by atoms with Crippen LogP contribution >= 0.6 is 0 Å². The van der Waals surface area contributed by atoms with Crippen LogP contribution in [0, 0.1) is 20.8 Å². The fourth-order valence-corrected chi connectivity index (χ4v) is 3.37. The number of rotatable bonds is 2. The van der Waals surface area contributed by atoms with Gasteiger partial charge in [-0.25, -0.2) is 0 Å². The molecule has 2 aromatic heterocycles. The zero-order chi connectivity index (χ0) is 14.9. The lowest BCUT2D eigenvalue weighted by Gasteiger charge is -2.13. The molecule has 1 N–H and O–H groups in total. The lowest BCUT2D eigenvalue weighted by Crippen LogP contribution is -2.20. The normalized spacial score (nSPS) is 16.7. The summed E-state index contributed by atoms with van der Waals surface area (Å²) in [7, 11) is 0. The van der Waals surface area contributed by atoms with Crippen LogP contribution in [0.1, 0.15) is 35.5 Å². The van der Waals surface area contributed by atoms with Crippen molar-refractivity contribution in [3.8, 4) is 0 Å². The van der Waals surface area contributed by atoms with Crippen LogP contribution in [0.3, 0.4) is 0 Å². The van der Waals surface area contributed by atoms with Gasteiger partial charge in [0.15, 0.2) is 0 Å². The molecule has 1 aliphatic rings. The minimum Gasteiger partial charge on any atom is -0.481 e. The average molecular weight is 284 g/mol. The van der Waals surface area contributed by atoms with Crippen LogP contribution in [-0.4, -0.2) is 11.1 Å². The van der Waals surface area contributed by atoms with Gasteiger partial charge in [-0.1, -0.05) is 0 Å². The summed E-state index contributed by atoms with van der Waals surface area (Å²) in [6.07, 6.45) is 1.30. The summed E-state index contributed by atoms with van der Waals surface area (Å²) in [5.41, 5.74) is 2.47. The van der Waals surface area contributed by atoms with E-state index in [2.05, 4.69) is 0 Å². The smallest absolute Gasteiger partial charge is 0.314 e. The van der Waals surface area contributed by atoms with Crippen molar-refractivity contribution in [2.24, 2.45) is 0 Å². The van der Waals surface area contributed by atoms with E-state index in [1.54, 1.807) is 0 Å². The third-order valence-corrected chi connectivity index (χ3v) is 4.59. The minimum absolute atomic E-state index is 0.652. The van der Waals surface area contributed by atoms with Gasteiger partial charge in [0.05, 0.1) is 5.41 Å². The SMILES string of the molecule is Cc1cc2c(C3(C(=O)O)CC3)c3oc(C)cc3c(C)c2o1. The van der Waals surface area contributed by atoms with Gasteiger partial charge < -0.3 is 13.9 Å². The number of aliphatic carboxylic acids is 1. The molecule has 0 unspecified atom stereocenters. The summed E-state index contributed by atoms with van der Waals surface area (Å²) < 4.78 is 11.7. The van der Waals surface area contributed by atoms with Gasteiger partial charge >= 0.3 is 5.97 Å². The quantitative estimate of drug-likeness (QED) is 0.765. The van der Waals surface area contributed by atoms with Crippen LogP contribution in [0.5, 0.6) is 0 Å². The van der Waals surface area contributed by atoms with E-state index in [1.165, 1.54) is 0 Å². The van der Waals surface area contributed by atoms with Crippen molar-refractivity contribution in [2.75, 3.05) is 0 Å². The van der Waals surface area contributed by atoms with E-state index in [4.69, 9.17) is 8.83 Å². The maximum Gasteiger partial charge on any atom is 0.314 e. The second kappa shape index (κ2) is 3.70. The molecular weight excluding hydrogens is 268 g/mol. The molecule has 1 saturated carbocycles. The standard InChI is InChI=1S/C17H16O4/c1-8-6-11-10(3)14-12(7-9(2)20-14)13(15(11)21-8)17(4-5-17)16(18)19/h6-7H,4-5H2,1-3H3,(H,18,19). The van der Waals surface area contributed by atoms with Gasteiger partial charge in [-0.2, -0.15) is 0 Å². The summed E-state index contributed by atoms with van der Waals surface area (Å²) in [5.74, 6) is 0.807. The van der Waals surface area contributed by atoms with E-state index >= 15 is 0 Å². The Kier molecular flexibility index (Phi) is 2.20. The van der Waals surface area contributed by atoms with Crippen LogP contribution in [0.2, 0.25) is 0 Å². The molecule has 4 heteroatoms. The molecule has 1 aromatic carbocycles. The molecule has 0 aliphatic heterocycles.